The van der Waals surface area contributed by atoms with Gasteiger partial charge in [0, 0.05) is 5.92 Å². The highest BCUT2D eigenvalue weighted by Gasteiger charge is 2.29. The van der Waals surface area contributed by atoms with E-state index >= 15 is 0 Å². The van der Waals surface area contributed by atoms with Crippen molar-refractivity contribution in [2.45, 2.75) is 24.8 Å². The number of alkyl carbamates (subject to hydrolysis) is 1. The number of hydrogen-bond donors (Lipinski definition) is 2. The molecule has 1 aliphatic carbocycles. The molecule has 0 bridgehead atoms. The Kier molecular flexibility index (Phi) is 6.83. The Morgan fingerprint density at radius 2 is 1.52 bits per heavy atom. The van der Waals surface area contributed by atoms with Gasteiger partial charge in [0.05, 0.1) is 12.5 Å². The van der Waals surface area contributed by atoms with Crippen molar-refractivity contribution in [2.24, 2.45) is 0 Å². The van der Waals surface area contributed by atoms with Crippen molar-refractivity contribution in [3.63, 3.8) is 0 Å². The maximum absolute atomic E-state index is 14.7. The maximum atomic E-state index is 14.7. The van der Waals surface area contributed by atoms with Crippen molar-refractivity contribution in [1.82, 2.24) is 5.32 Å². The molecule has 0 fully saturated rings. The first kappa shape index (κ1) is 22.3. The SMILES string of the molecule is O=C(O)C/C=C(\F)[C@H](Cc1ccccc1)NC(=O)OCC1c2ccccc2-c2ccccc21. The molecule has 0 aliphatic heterocycles. The normalized spacial score (nSPS) is 13.7. The Balaban J connectivity index is 1.46. The van der Waals surface area contributed by atoms with E-state index in [-0.39, 0.29) is 18.9 Å². The minimum absolute atomic E-state index is 0.108. The molecule has 0 heterocycles. The van der Waals surface area contributed by atoms with Gasteiger partial charge in [-0.1, -0.05) is 78.9 Å². The van der Waals surface area contributed by atoms with E-state index in [1.165, 1.54) is 0 Å². The van der Waals surface area contributed by atoms with Gasteiger partial charge in [-0.15, -0.1) is 0 Å². The zero-order valence-electron chi connectivity index (χ0n) is 17.9. The molecule has 33 heavy (non-hydrogen) atoms. The van der Waals surface area contributed by atoms with E-state index in [4.69, 9.17) is 9.84 Å². The van der Waals surface area contributed by atoms with Crippen molar-refractivity contribution >= 4 is 12.1 Å². The summed E-state index contributed by atoms with van der Waals surface area (Å²) < 4.78 is 20.3. The molecule has 1 aliphatic rings. The van der Waals surface area contributed by atoms with Crippen LogP contribution in [0.5, 0.6) is 0 Å². The van der Waals surface area contributed by atoms with Crippen LogP contribution in [-0.4, -0.2) is 29.8 Å². The number of nitrogens with one attached hydrogen (secondary N) is 1. The third-order valence-electron chi connectivity index (χ3n) is 5.72. The fourth-order valence-electron chi connectivity index (χ4n) is 4.18. The second kappa shape index (κ2) is 10.1. The highest BCUT2D eigenvalue weighted by molar-refractivity contribution is 5.79. The van der Waals surface area contributed by atoms with Gasteiger partial charge in [-0.3, -0.25) is 4.79 Å². The third kappa shape index (κ3) is 5.29. The summed E-state index contributed by atoms with van der Waals surface area (Å²) in [4.78, 5) is 23.5. The summed E-state index contributed by atoms with van der Waals surface area (Å²) in [5, 5.41) is 11.4. The van der Waals surface area contributed by atoms with Crippen LogP contribution >= 0.6 is 0 Å². The van der Waals surface area contributed by atoms with E-state index in [1.807, 2.05) is 78.9 Å². The first-order valence-electron chi connectivity index (χ1n) is 10.8. The summed E-state index contributed by atoms with van der Waals surface area (Å²) in [6, 6.07) is 24.1. The molecular formula is C27H24FNO4. The predicted octanol–water partition coefficient (Wildman–Crippen LogP) is 5.46. The number of carboxylic acids is 1. The van der Waals surface area contributed by atoms with Gasteiger partial charge in [-0.2, -0.15) is 0 Å². The summed E-state index contributed by atoms with van der Waals surface area (Å²) in [5.41, 5.74) is 5.21. The first-order chi connectivity index (χ1) is 16.0. The number of rotatable bonds is 8. The molecule has 0 spiro atoms. The van der Waals surface area contributed by atoms with Crippen molar-refractivity contribution < 1.29 is 23.8 Å². The van der Waals surface area contributed by atoms with Crippen LogP contribution in [0.25, 0.3) is 11.1 Å². The molecule has 1 amide bonds. The summed E-state index contributed by atoms with van der Waals surface area (Å²) >= 11 is 0. The first-order valence-corrected chi connectivity index (χ1v) is 10.8. The minimum atomic E-state index is -1.15. The third-order valence-corrected chi connectivity index (χ3v) is 5.72. The molecule has 0 saturated carbocycles. The number of fused-ring (bicyclic) bond motifs is 3. The van der Waals surface area contributed by atoms with Gasteiger partial charge in [-0.05, 0) is 40.3 Å². The van der Waals surface area contributed by atoms with Crippen LogP contribution in [0.4, 0.5) is 9.18 Å². The number of carbonyl (C=O) groups excluding carboxylic acids is 1. The molecule has 1 atom stereocenters. The van der Waals surface area contributed by atoms with Gasteiger partial charge in [0.2, 0.25) is 0 Å². The number of carboxylic acid groups (broad SMARTS) is 1. The summed E-state index contributed by atoms with van der Waals surface area (Å²) in [6.07, 6.45) is -0.0763. The molecule has 0 radical (unpaired) electrons. The largest absolute Gasteiger partial charge is 0.481 e. The molecule has 2 N–H and O–H groups in total. The molecule has 0 saturated heterocycles. The molecule has 0 aromatic heterocycles. The summed E-state index contributed by atoms with van der Waals surface area (Å²) in [6.45, 7) is 0.110. The lowest BCUT2D eigenvalue weighted by Gasteiger charge is -2.19. The number of benzene rings is 3. The number of carbonyl (C=O) groups is 2. The van der Waals surface area contributed by atoms with E-state index in [0.29, 0.717) is 0 Å². The van der Waals surface area contributed by atoms with Crippen molar-refractivity contribution in [3.8, 4) is 11.1 Å². The smallest absolute Gasteiger partial charge is 0.407 e. The molecule has 4 rings (SSSR count). The van der Waals surface area contributed by atoms with Crippen LogP contribution in [-0.2, 0) is 16.0 Å². The highest BCUT2D eigenvalue weighted by Crippen LogP contribution is 2.44. The van der Waals surface area contributed by atoms with Gasteiger partial charge < -0.3 is 15.2 Å². The minimum Gasteiger partial charge on any atom is -0.481 e. The summed E-state index contributed by atoms with van der Waals surface area (Å²) in [7, 11) is 0. The fraction of sp³-hybridized carbons (Fsp3) is 0.185. The van der Waals surface area contributed by atoms with Crippen LogP contribution in [0.3, 0.4) is 0 Å². The monoisotopic (exact) mass is 445 g/mol. The Morgan fingerprint density at radius 1 is 0.939 bits per heavy atom. The second-order valence-corrected chi connectivity index (χ2v) is 7.90. The number of ether oxygens (including phenoxy) is 1. The molecular weight excluding hydrogens is 421 g/mol. The van der Waals surface area contributed by atoms with E-state index in [1.54, 1.807) is 0 Å². The van der Waals surface area contributed by atoms with E-state index < -0.39 is 30.4 Å². The molecule has 3 aromatic carbocycles. The average molecular weight is 445 g/mol. The standard InChI is InChI=1S/C27H24FNO4/c28-24(14-15-26(30)31)25(16-18-8-2-1-3-9-18)29-27(32)33-17-23-21-12-6-4-10-19(21)20-11-5-7-13-22(20)23/h1-14,23,25H,15-17H2,(H,29,32)(H,30,31)/b24-14-/t25-/m0/s1. The lowest BCUT2D eigenvalue weighted by atomic mass is 9.98. The summed E-state index contributed by atoms with van der Waals surface area (Å²) in [5.74, 6) is -1.97. The van der Waals surface area contributed by atoms with E-state index in [2.05, 4.69) is 5.32 Å². The van der Waals surface area contributed by atoms with E-state index in [9.17, 15) is 14.0 Å². The van der Waals surface area contributed by atoms with Crippen molar-refractivity contribution in [1.29, 1.82) is 0 Å². The van der Waals surface area contributed by atoms with Gasteiger partial charge in [0.15, 0.2) is 0 Å². The van der Waals surface area contributed by atoms with Gasteiger partial charge >= 0.3 is 12.1 Å². The average Bonchev–Trinajstić information content (AvgIpc) is 3.15. The lowest BCUT2D eigenvalue weighted by Crippen LogP contribution is -2.38. The Bertz CT molecular complexity index is 1130. The Labute approximate surface area is 191 Å². The van der Waals surface area contributed by atoms with Gasteiger partial charge in [0.1, 0.15) is 12.4 Å². The van der Waals surface area contributed by atoms with Crippen LogP contribution in [0, 0.1) is 0 Å². The fourth-order valence-corrected chi connectivity index (χ4v) is 4.18. The van der Waals surface area contributed by atoms with Crippen molar-refractivity contribution in [2.75, 3.05) is 6.61 Å². The zero-order valence-corrected chi connectivity index (χ0v) is 17.9. The predicted molar refractivity (Wildman–Crippen MR) is 124 cm³/mol. The topological polar surface area (TPSA) is 75.6 Å². The van der Waals surface area contributed by atoms with E-state index in [0.717, 1.165) is 33.9 Å². The van der Waals surface area contributed by atoms with Gasteiger partial charge in [-0.25, -0.2) is 9.18 Å². The molecule has 5 nitrogen and oxygen atoms in total. The lowest BCUT2D eigenvalue weighted by molar-refractivity contribution is -0.136. The zero-order chi connectivity index (χ0) is 23.2. The number of aliphatic carboxylic acids is 1. The van der Waals surface area contributed by atoms with Crippen LogP contribution in [0.1, 0.15) is 29.0 Å². The second-order valence-electron chi connectivity index (χ2n) is 7.90. The Hall–Kier alpha value is -3.93. The Morgan fingerprint density at radius 3 is 2.12 bits per heavy atom. The van der Waals surface area contributed by atoms with Crippen LogP contribution < -0.4 is 5.32 Å². The number of amides is 1. The molecule has 6 heteroatoms. The number of halogens is 1. The molecule has 3 aromatic rings. The quantitative estimate of drug-likeness (QED) is 0.483. The maximum Gasteiger partial charge on any atom is 0.407 e. The van der Waals surface area contributed by atoms with Crippen LogP contribution in [0.15, 0.2) is 90.8 Å². The van der Waals surface area contributed by atoms with Crippen molar-refractivity contribution in [3.05, 3.63) is 107 Å². The number of hydrogen-bond acceptors (Lipinski definition) is 3. The highest BCUT2D eigenvalue weighted by atomic mass is 19.1. The molecule has 168 valence electrons. The van der Waals surface area contributed by atoms with Gasteiger partial charge in [0.25, 0.3) is 0 Å². The molecule has 0 unspecified atom stereocenters. The van der Waals surface area contributed by atoms with Crippen LogP contribution in [0.2, 0.25) is 0 Å².